The van der Waals surface area contributed by atoms with Gasteiger partial charge in [-0.15, -0.1) is 0 Å². The van der Waals surface area contributed by atoms with Crippen LogP contribution in [0.4, 0.5) is 0 Å². The molecule has 0 heterocycles. The third-order valence-corrected chi connectivity index (χ3v) is 4.56. The summed E-state index contributed by atoms with van der Waals surface area (Å²) in [4.78, 5) is 20.3. The Morgan fingerprint density at radius 3 is 2.21 bits per heavy atom. The van der Waals surface area contributed by atoms with Crippen molar-refractivity contribution in [3.63, 3.8) is 0 Å². The second kappa shape index (κ2) is 10.5. The Labute approximate surface area is 148 Å². The first-order valence-electron chi connectivity index (χ1n) is 9.32. The Kier molecular flexibility index (Phi) is 9.11. The molecule has 0 bridgehead atoms. The first-order chi connectivity index (χ1) is 11.3. The maximum atomic E-state index is 11.8. The lowest BCUT2D eigenvalue weighted by Gasteiger charge is -2.30. The Morgan fingerprint density at radius 1 is 1.12 bits per heavy atom. The number of guanidine groups is 1. The highest BCUT2D eigenvalue weighted by Crippen LogP contribution is 2.17. The number of hydrogen-bond acceptors (Lipinski definition) is 3. The van der Waals surface area contributed by atoms with E-state index in [0.29, 0.717) is 18.1 Å². The highest BCUT2D eigenvalue weighted by molar-refractivity contribution is 5.84. The van der Waals surface area contributed by atoms with Gasteiger partial charge < -0.3 is 15.5 Å². The number of nitrogens with zero attached hydrogens (tertiary/aromatic N) is 3. The van der Waals surface area contributed by atoms with E-state index in [0.717, 1.165) is 19.0 Å². The van der Waals surface area contributed by atoms with E-state index in [2.05, 4.69) is 48.2 Å². The first-order valence-corrected chi connectivity index (χ1v) is 9.32. The van der Waals surface area contributed by atoms with Crippen molar-refractivity contribution < 1.29 is 4.79 Å². The molecule has 1 amide bonds. The fourth-order valence-electron chi connectivity index (χ4n) is 3.12. The minimum atomic E-state index is 0.0218. The molecule has 0 aromatic heterocycles. The third-order valence-electron chi connectivity index (χ3n) is 4.56. The molecule has 0 atom stereocenters. The molecule has 1 aliphatic carbocycles. The van der Waals surface area contributed by atoms with Gasteiger partial charge in [0.1, 0.15) is 6.54 Å². The molecule has 0 unspecified atom stereocenters. The number of carbonyl (C=O) groups excluding carboxylic acids is 1. The van der Waals surface area contributed by atoms with E-state index in [-0.39, 0.29) is 12.5 Å². The summed E-state index contributed by atoms with van der Waals surface area (Å²) in [5.41, 5.74) is 0. The average Bonchev–Trinajstić information content (AvgIpc) is 3.00. The van der Waals surface area contributed by atoms with E-state index in [1.165, 1.54) is 25.7 Å². The third kappa shape index (κ3) is 7.51. The van der Waals surface area contributed by atoms with Gasteiger partial charge in [0.2, 0.25) is 5.91 Å². The van der Waals surface area contributed by atoms with Gasteiger partial charge in [0.25, 0.3) is 0 Å². The van der Waals surface area contributed by atoms with Gasteiger partial charge in [-0.25, -0.2) is 4.99 Å². The monoisotopic (exact) mass is 339 g/mol. The molecular weight excluding hydrogens is 302 g/mol. The van der Waals surface area contributed by atoms with Crippen LogP contribution in [0.1, 0.15) is 53.4 Å². The van der Waals surface area contributed by atoms with E-state index in [1.54, 1.807) is 19.0 Å². The summed E-state index contributed by atoms with van der Waals surface area (Å²) < 4.78 is 0. The summed E-state index contributed by atoms with van der Waals surface area (Å²) in [7, 11) is 3.52. The van der Waals surface area contributed by atoms with Crippen molar-refractivity contribution in [3.8, 4) is 0 Å². The molecule has 6 heteroatoms. The minimum Gasteiger partial charge on any atom is -0.355 e. The summed E-state index contributed by atoms with van der Waals surface area (Å²) >= 11 is 0. The largest absolute Gasteiger partial charge is 0.355 e. The first kappa shape index (κ1) is 20.7. The molecule has 6 nitrogen and oxygen atoms in total. The van der Waals surface area contributed by atoms with Crippen LogP contribution in [-0.2, 0) is 4.79 Å². The van der Waals surface area contributed by atoms with Crippen molar-refractivity contribution in [1.29, 1.82) is 0 Å². The number of amides is 1. The van der Waals surface area contributed by atoms with Crippen molar-refractivity contribution in [1.82, 2.24) is 20.4 Å². The van der Waals surface area contributed by atoms with Crippen LogP contribution in [0, 0.1) is 0 Å². The summed E-state index contributed by atoms with van der Waals surface area (Å²) in [6.07, 6.45) is 4.92. The van der Waals surface area contributed by atoms with E-state index >= 15 is 0 Å². The second-order valence-corrected chi connectivity index (χ2v) is 7.43. The molecule has 1 saturated carbocycles. The van der Waals surface area contributed by atoms with Gasteiger partial charge in [-0.3, -0.25) is 9.69 Å². The normalized spacial score (nSPS) is 16.3. The average molecular weight is 340 g/mol. The maximum Gasteiger partial charge on any atom is 0.243 e. The highest BCUT2D eigenvalue weighted by Gasteiger charge is 2.17. The minimum absolute atomic E-state index is 0.0218. The molecule has 0 spiro atoms. The van der Waals surface area contributed by atoms with Crippen LogP contribution in [0.2, 0.25) is 0 Å². The summed E-state index contributed by atoms with van der Waals surface area (Å²) in [6, 6.07) is 1.52. The summed E-state index contributed by atoms with van der Waals surface area (Å²) in [6.45, 7) is 10.9. The van der Waals surface area contributed by atoms with Gasteiger partial charge in [0.05, 0.1) is 0 Å². The van der Waals surface area contributed by atoms with Gasteiger partial charge in [-0.05, 0) is 40.5 Å². The molecule has 0 aromatic carbocycles. The Balaban J connectivity index is 2.56. The number of rotatable bonds is 8. The van der Waals surface area contributed by atoms with Crippen LogP contribution in [0.15, 0.2) is 4.99 Å². The van der Waals surface area contributed by atoms with Gasteiger partial charge in [0.15, 0.2) is 5.96 Å². The number of likely N-dealkylation sites (N-methyl/N-ethyl adjacent to an activating group) is 1. The highest BCUT2D eigenvalue weighted by atomic mass is 16.2. The van der Waals surface area contributed by atoms with Crippen molar-refractivity contribution in [3.05, 3.63) is 0 Å². The molecule has 0 aliphatic heterocycles. The maximum absolute atomic E-state index is 11.8. The molecule has 140 valence electrons. The topological polar surface area (TPSA) is 60.0 Å². The molecule has 0 saturated heterocycles. The zero-order valence-corrected chi connectivity index (χ0v) is 16.4. The van der Waals surface area contributed by atoms with Gasteiger partial charge in [0, 0.05) is 45.3 Å². The quantitative estimate of drug-likeness (QED) is 0.522. The molecule has 1 fully saturated rings. The Bertz CT molecular complexity index is 392. The van der Waals surface area contributed by atoms with Gasteiger partial charge >= 0.3 is 0 Å². The Morgan fingerprint density at radius 2 is 1.71 bits per heavy atom. The van der Waals surface area contributed by atoms with E-state index < -0.39 is 0 Å². The predicted molar refractivity (Wildman–Crippen MR) is 101 cm³/mol. The number of aliphatic imine (C=N–C) groups is 1. The Hall–Kier alpha value is -1.30. The zero-order valence-electron chi connectivity index (χ0n) is 16.4. The van der Waals surface area contributed by atoms with Crippen molar-refractivity contribution in [2.24, 2.45) is 4.99 Å². The molecule has 2 N–H and O–H groups in total. The van der Waals surface area contributed by atoms with Crippen LogP contribution in [0.25, 0.3) is 0 Å². The van der Waals surface area contributed by atoms with Crippen LogP contribution in [-0.4, -0.2) is 73.5 Å². The van der Waals surface area contributed by atoms with Crippen LogP contribution in [0.5, 0.6) is 0 Å². The smallest absolute Gasteiger partial charge is 0.243 e. The fraction of sp³-hybridized carbons (Fsp3) is 0.889. The predicted octanol–water partition coefficient (Wildman–Crippen LogP) is 1.67. The SMILES string of the molecule is CC(C)N(CCNC(=NCC(=O)N(C)C)NC1CCCC1)C(C)C. The molecule has 1 aliphatic rings. The van der Waals surface area contributed by atoms with Gasteiger partial charge in [-0.2, -0.15) is 0 Å². The number of nitrogens with one attached hydrogen (secondary N) is 2. The lowest BCUT2D eigenvalue weighted by atomic mass is 10.2. The van der Waals surface area contributed by atoms with E-state index in [9.17, 15) is 4.79 Å². The van der Waals surface area contributed by atoms with Crippen molar-refractivity contribution in [2.75, 3.05) is 33.7 Å². The van der Waals surface area contributed by atoms with Crippen molar-refractivity contribution in [2.45, 2.75) is 71.5 Å². The standard InChI is InChI=1S/C18H37N5O/c1-14(2)23(15(3)4)12-11-19-18(20-13-17(24)22(5)6)21-16-9-7-8-10-16/h14-16H,7-13H2,1-6H3,(H2,19,20,21). The van der Waals surface area contributed by atoms with Crippen molar-refractivity contribution >= 4 is 11.9 Å². The molecular formula is C18H37N5O. The molecule has 1 rings (SSSR count). The van der Waals surface area contributed by atoms with Crippen LogP contribution >= 0.6 is 0 Å². The summed E-state index contributed by atoms with van der Waals surface area (Å²) in [5, 5.41) is 6.90. The van der Waals surface area contributed by atoms with E-state index in [1.807, 2.05) is 0 Å². The number of hydrogen-bond donors (Lipinski definition) is 2. The van der Waals surface area contributed by atoms with Crippen LogP contribution in [0.3, 0.4) is 0 Å². The van der Waals surface area contributed by atoms with Gasteiger partial charge in [-0.1, -0.05) is 12.8 Å². The lowest BCUT2D eigenvalue weighted by Crippen LogP contribution is -2.47. The second-order valence-electron chi connectivity index (χ2n) is 7.43. The van der Waals surface area contributed by atoms with Crippen LogP contribution < -0.4 is 10.6 Å². The lowest BCUT2D eigenvalue weighted by molar-refractivity contribution is -0.127. The number of carbonyl (C=O) groups is 1. The van der Waals surface area contributed by atoms with E-state index in [4.69, 9.17) is 0 Å². The fourth-order valence-corrected chi connectivity index (χ4v) is 3.12. The molecule has 24 heavy (non-hydrogen) atoms. The molecule has 0 aromatic rings. The molecule has 0 radical (unpaired) electrons. The summed E-state index contributed by atoms with van der Waals surface area (Å²) in [5.74, 6) is 0.790. The zero-order chi connectivity index (χ0) is 18.1.